The van der Waals surface area contributed by atoms with Gasteiger partial charge in [0.15, 0.2) is 0 Å². The highest BCUT2D eigenvalue weighted by molar-refractivity contribution is 7.96. The summed E-state index contributed by atoms with van der Waals surface area (Å²) >= 11 is 0. The van der Waals surface area contributed by atoms with E-state index in [9.17, 15) is 0 Å². The second kappa shape index (κ2) is 8.58. The molecule has 0 aliphatic carbocycles. The SMILES string of the molecule is CC(C)(C)N=S(CP(c1ccccc1)c1ccccc1)NC(C)(C)C. The summed E-state index contributed by atoms with van der Waals surface area (Å²) in [5, 5.41) is 2.84. The Morgan fingerprint density at radius 3 is 1.60 bits per heavy atom. The van der Waals surface area contributed by atoms with Crippen LogP contribution in [0.15, 0.2) is 65.0 Å². The van der Waals surface area contributed by atoms with Gasteiger partial charge in [-0.15, -0.1) is 0 Å². The molecular weight excluding hydrogens is 343 g/mol. The first-order valence-electron chi connectivity index (χ1n) is 8.73. The maximum atomic E-state index is 5.12. The van der Waals surface area contributed by atoms with Crippen molar-refractivity contribution in [3.05, 3.63) is 60.7 Å². The average Bonchev–Trinajstić information content (AvgIpc) is 2.51. The second-order valence-corrected chi connectivity index (χ2v) is 12.2. The fourth-order valence-corrected chi connectivity index (χ4v) is 7.84. The van der Waals surface area contributed by atoms with Crippen molar-refractivity contribution in [1.82, 2.24) is 4.72 Å². The molecule has 0 heterocycles. The number of hydrogen-bond donors (Lipinski definition) is 1. The molecule has 136 valence electrons. The van der Waals surface area contributed by atoms with Crippen molar-refractivity contribution in [2.24, 2.45) is 4.36 Å². The highest BCUT2D eigenvalue weighted by Crippen LogP contribution is 2.35. The van der Waals surface area contributed by atoms with Gasteiger partial charge in [-0.1, -0.05) is 60.7 Å². The monoisotopic (exact) mass is 374 g/mol. The van der Waals surface area contributed by atoms with E-state index in [0.717, 1.165) is 5.49 Å². The summed E-state index contributed by atoms with van der Waals surface area (Å²) in [5.41, 5.74) is 1.04. The molecule has 1 N–H and O–H groups in total. The van der Waals surface area contributed by atoms with Crippen molar-refractivity contribution in [3.8, 4) is 0 Å². The molecule has 0 amide bonds. The summed E-state index contributed by atoms with van der Waals surface area (Å²) in [6.07, 6.45) is 0. The Labute approximate surface area is 157 Å². The lowest BCUT2D eigenvalue weighted by Gasteiger charge is -2.28. The van der Waals surface area contributed by atoms with Crippen molar-refractivity contribution in [3.63, 3.8) is 0 Å². The molecule has 1 unspecified atom stereocenters. The standard InChI is InChI=1S/C21H31N2PS/c1-20(2,3)22-25(23-21(4,5)6)17-24(18-13-9-7-10-14-18)19-15-11-8-12-16-19/h7-16H,17H2,1-6H3,(H,22,23). The largest absolute Gasteiger partial charge is 0.250 e. The zero-order valence-corrected chi connectivity index (χ0v) is 18.0. The van der Waals surface area contributed by atoms with Gasteiger partial charge in [-0.05, 0) is 71.0 Å². The van der Waals surface area contributed by atoms with Gasteiger partial charge in [0, 0.05) is 11.0 Å². The van der Waals surface area contributed by atoms with Crippen molar-refractivity contribution < 1.29 is 0 Å². The Hall–Kier alpha value is -1.02. The number of rotatable bonds is 5. The van der Waals surface area contributed by atoms with E-state index in [0.29, 0.717) is 0 Å². The van der Waals surface area contributed by atoms with Gasteiger partial charge in [-0.3, -0.25) is 0 Å². The molecule has 0 bridgehead atoms. The number of nitrogens with one attached hydrogen (secondary N) is 1. The zero-order valence-electron chi connectivity index (χ0n) is 16.3. The second-order valence-electron chi connectivity index (χ2n) is 8.21. The minimum Gasteiger partial charge on any atom is -0.250 e. The minimum absolute atomic E-state index is 0.0459. The first-order valence-corrected chi connectivity index (χ1v) is 11.6. The van der Waals surface area contributed by atoms with Crippen molar-refractivity contribution >= 4 is 29.4 Å². The van der Waals surface area contributed by atoms with Gasteiger partial charge < -0.3 is 0 Å². The number of hydrogen-bond acceptors (Lipinski definition) is 1. The van der Waals surface area contributed by atoms with Crippen LogP contribution in [-0.4, -0.2) is 16.6 Å². The maximum Gasteiger partial charge on any atom is 0.0606 e. The van der Waals surface area contributed by atoms with Gasteiger partial charge >= 0.3 is 0 Å². The van der Waals surface area contributed by atoms with Crippen LogP contribution in [0.5, 0.6) is 0 Å². The summed E-state index contributed by atoms with van der Waals surface area (Å²) in [5.74, 6) is 0. The van der Waals surface area contributed by atoms with E-state index in [1.165, 1.54) is 10.6 Å². The van der Waals surface area contributed by atoms with E-state index < -0.39 is 7.92 Å². The van der Waals surface area contributed by atoms with E-state index >= 15 is 0 Å². The molecule has 0 aliphatic rings. The van der Waals surface area contributed by atoms with E-state index in [1.807, 2.05) is 0 Å². The molecule has 2 aromatic rings. The predicted octanol–water partition coefficient (Wildman–Crippen LogP) is 4.98. The number of nitrogens with zero attached hydrogens (tertiary/aromatic N) is 1. The summed E-state index contributed by atoms with van der Waals surface area (Å²) in [4.78, 5) is 0. The Kier molecular flexibility index (Phi) is 6.96. The lowest BCUT2D eigenvalue weighted by Crippen LogP contribution is -2.39. The summed E-state index contributed by atoms with van der Waals surface area (Å²) in [6.45, 7) is 13.2. The minimum atomic E-state index is -0.440. The highest BCUT2D eigenvalue weighted by atomic mass is 32.2. The van der Waals surface area contributed by atoms with Gasteiger partial charge in [0.25, 0.3) is 0 Å². The molecule has 0 radical (unpaired) electrons. The molecule has 1 atom stereocenters. The molecule has 0 aliphatic heterocycles. The Morgan fingerprint density at radius 1 is 0.800 bits per heavy atom. The van der Waals surface area contributed by atoms with Crippen molar-refractivity contribution in [2.75, 3.05) is 5.49 Å². The quantitative estimate of drug-likeness (QED) is 0.734. The molecule has 25 heavy (non-hydrogen) atoms. The molecule has 2 rings (SSSR count). The van der Waals surface area contributed by atoms with Crippen molar-refractivity contribution in [1.29, 1.82) is 0 Å². The Bertz CT molecular complexity index is 646. The van der Waals surface area contributed by atoms with Crippen LogP contribution in [0, 0.1) is 0 Å². The van der Waals surface area contributed by atoms with Gasteiger partial charge in [0.05, 0.1) is 5.54 Å². The lowest BCUT2D eigenvalue weighted by atomic mass is 10.1. The highest BCUT2D eigenvalue weighted by Gasteiger charge is 2.21. The van der Waals surface area contributed by atoms with Gasteiger partial charge in [0.1, 0.15) is 0 Å². The first-order chi connectivity index (χ1) is 11.6. The lowest BCUT2D eigenvalue weighted by molar-refractivity contribution is 0.528. The van der Waals surface area contributed by atoms with Gasteiger partial charge in [-0.2, -0.15) is 0 Å². The normalized spacial score (nSPS) is 14.0. The van der Waals surface area contributed by atoms with Crippen LogP contribution in [0.4, 0.5) is 0 Å². The molecule has 0 fully saturated rings. The number of benzene rings is 2. The van der Waals surface area contributed by atoms with Crippen LogP contribution in [-0.2, 0) is 10.9 Å². The molecule has 0 saturated carbocycles. The van der Waals surface area contributed by atoms with Crippen LogP contribution in [0.1, 0.15) is 41.5 Å². The average molecular weight is 375 g/mol. The summed E-state index contributed by atoms with van der Waals surface area (Å²) in [6, 6.07) is 21.8. The molecule has 4 heteroatoms. The predicted molar refractivity (Wildman–Crippen MR) is 116 cm³/mol. The maximum absolute atomic E-state index is 5.12. The third kappa shape index (κ3) is 7.40. The molecule has 2 aromatic carbocycles. The van der Waals surface area contributed by atoms with Gasteiger partial charge in [0.2, 0.25) is 0 Å². The molecule has 0 spiro atoms. The van der Waals surface area contributed by atoms with Crippen molar-refractivity contribution in [2.45, 2.75) is 52.6 Å². The van der Waals surface area contributed by atoms with Gasteiger partial charge in [-0.25, -0.2) is 9.08 Å². The van der Waals surface area contributed by atoms with E-state index in [2.05, 4.69) is 107 Å². The van der Waals surface area contributed by atoms with E-state index in [-0.39, 0.29) is 22.0 Å². The third-order valence-corrected chi connectivity index (χ3v) is 8.67. The van der Waals surface area contributed by atoms with Crippen LogP contribution in [0.25, 0.3) is 0 Å². The fourth-order valence-electron chi connectivity index (χ4n) is 2.40. The summed E-state index contributed by atoms with van der Waals surface area (Å²) in [7, 11) is -0.631. The smallest absolute Gasteiger partial charge is 0.0606 e. The molecule has 0 saturated heterocycles. The van der Waals surface area contributed by atoms with Crippen LogP contribution in [0.2, 0.25) is 0 Å². The van der Waals surface area contributed by atoms with E-state index in [4.69, 9.17) is 4.36 Å². The van der Waals surface area contributed by atoms with Crippen LogP contribution in [0.3, 0.4) is 0 Å². The Balaban J connectivity index is 2.41. The molecule has 2 nitrogen and oxygen atoms in total. The topological polar surface area (TPSA) is 24.4 Å². The molecule has 0 aromatic heterocycles. The van der Waals surface area contributed by atoms with Crippen LogP contribution < -0.4 is 15.3 Å². The van der Waals surface area contributed by atoms with Crippen LogP contribution >= 0.6 is 7.92 Å². The first kappa shape index (κ1) is 20.3. The van der Waals surface area contributed by atoms with E-state index in [1.54, 1.807) is 0 Å². The Morgan fingerprint density at radius 2 is 1.24 bits per heavy atom. The molecular formula is C21H31N2PS. The summed E-state index contributed by atoms with van der Waals surface area (Å²) < 4.78 is 8.88. The zero-order chi connectivity index (χ0) is 18.5. The third-order valence-electron chi connectivity index (χ3n) is 3.20. The fraction of sp³-hybridized carbons (Fsp3) is 0.429.